The molecule has 0 aromatic rings. The molecule has 2 fully saturated rings. The van der Waals surface area contributed by atoms with Gasteiger partial charge < -0.3 is 14.4 Å². The van der Waals surface area contributed by atoms with Crippen LogP contribution in [-0.4, -0.2) is 29.4 Å². The molecule has 2 aliphatic rings. The highest BCUT2D eigenvalue weighted by Gasteiger charge is 2.56. The van der Waals surface area contributed by atoms with Crippen LogP contribution in [0, 0.1) is 5.92 Å². The number of aliphatic carboxylic acids is 1. The molecule has 2 atom stereocenters. The van der Waals surface area contributed by atoms with Crippen molar-refractivity contribution in [1.82, 2.24) is 0 Å². The van der Waals surface area contributed by atoms with Gasteiger partial charge >= 0.3 is 13.1 Å². The summed E-state index contributed by atoms with van der Waals surface area (Å²) >= 11 is 0. The zero-order valence-corrected chi connectivity index (χ0v) is 11.0. The first-order valence-corrected chi connectivity index (χ1v) is 6.33. The maximum atomic E-state index is 11.2. The Balaban J connectivity index is 2.13. The molecule has 0 amide bonds. The number of carboxylic acids is 1. The molecule has 1 aliphatic heterocycles. The van der Waals surface area contributed by atoms with E-state index in [4.69, 9.17) is 9.31 Å². The molecule has 1 heterocycles. The second-order valence-electron chi connectivity index (χ2n) is 6.16. The minimum absolute atomic E-state index is 0.00597. The summed E-state index contributed by atoms with van der Waals surface area (Å²) in [6, 6.07) is 0. The van der Waals surface area contributed by atoms with Gasteiger partial charge in [0.05, 0.1) is 17.1 Å². The Hall–Kier alpha value is -0.545. The first-order valence-electron chi connectivity index (χ1n) is 6.33. The summed E-state index contributed by atoms with van der Waals surface area (Å²) in [4.78, 5) is 11.2. The van der Waals surface area contributed by atoms with Crippen molar-refractivity contribution in [3.05, 3.63) is 0 Å². The third-order valence-electron chi connectivity index (χ3n) is 4.51. The quantitative estimate of drug-likeness (QED) is 0.752. The van der Waals surface area contributed by atoms with Gasteiger partial charge in [-0.3, -0.25) is 4.79 Å². The third-order valence-corrected chi connectivity index (χ3v) is 4.51. The molecule has 1 aliphatic carbocycles. The minimum Gasteiger partial charge on any atom is -0.481 e. The van der Waals surface area contributed by atoms with Crippen molar-refractivity contribution in [3.63, 3.8) is 0 Å². The molecule has 96 valence electrons. The highest BCUT2D eigenvalue weighted by atomic mass is 16.7. The summed E-state index contributed by atoms with van der Waals surface area (Å²) in [7, 11) is -0.372. The summed E-state index contributed by atoms with van der Waals surface area (Å²) < 4.78 is 11.9. The van der Waals surface area contributed by atoms with Crippen molar-refractivity contribution in [2.75, 3.05) is 0 Å². The summed E-state index contributed by atoms with van der Waals surface area (Å²) in [6.45, 7) is 7.99. The van der Waals surface area contributed by atoms with E-state index in [9.17, 15) is 9.90 Å². The fourth-order valence-electron chi connectivity index (χ4n) is 2.68. The summed E-state index contributed by atoms with van der Waals surface area (Å²) in [5.74, 6) is -1.04. The Bertz CT molecular complexity index is 310. The van der Waals surface area contributed by atoms with E-state index in [-0.39, 0.29) is 30.1 Å². The fourth-order valence-corrected chi connectivity index (χ4v) is 2.68. The van der Waals surface area contributed by atoms with E-state index in [1.54, 1.807) is 0 Å². The van der Waals surface area contributed by atoms with Crippen LogP contribution in [0.25, 0.3) is 0 Å². The second kappa shape index (κ2) is 3.99. The van der Waals surface area contributed by atoms with Crippen molar-refractivity contribution in [2.24, 2.45) is 5.92 Å². The Kier molecular flexibility index (Phi) is 3.03. The molecular formula is C12H21BO4. The van der Waals surface area contributed by atoms with E-state index in [1.807, 2.05) is 27.7 Å². The van der Waals surface area contributed by atoms with Crippen LogP contribution in [0.4, 0.5) is 0 Å². The Morgan fingerprint density at radius 3 is 2.18 bits per heavy atom. The van der Waals surface area contributed by atoms with Gasteiger partial charge in [-0.2, -0.15) is 0 Å². The molecule has 1 saturated heterocycles. The maximum absolute atomic E-state index is 11.2. The van der Waals surface area contributed by atoms with E-state index in [0.29, 0.717) is 0 Å². The molecular weight excluding hydrogens is 219 g/mol. The number of carboxylic acid groups (broad SMARTS) is 1. The van der Waals surface area contributed by atoms with Crippen molar-refractivity contribution in [3.8, 4) is 0 Å². The van der Waals surface area contributed by atoms with Crippen molar-refractivity contribution < 1.29 is 19.2 Å². The van der Waals surface area contributed by atoms with Gasteiger partial charge in [-0.25, -0.2) is 0 Å². The van der Waals surface area contributed by atoms with E-state index >= 15 is 0 Å². The van der Waals surface area contributed by atoms with Gasteiger partial charge in [0, 0.05) is 5.82 Å². The molecule has 0 radical (unpaired) electrons. The van der Waals surface area contributed by atoms with Crippen LogP contribution in [0.1, 0.15) is 47.0 Å². The van der Waals surface area contributed by atoms with Gasteiger partial charge in [-0.15, -0.1) is 0 Å². The number of hydrogen-bond acceptors (Lipinski definition) is 3. The largest absolute Gasteiger partial charge is 0.481 e. The van der Waals surface area contributed by atoms with Gasteiger partial charge in [0.1, 0.15) is 0 Å². The van der Waals surface area contributed by atoms with Crippen LogP contribution < -0.4 is 0 Å². The van der Waals surface area contributed by atoms with Crippen molar-refractivity contribution in [1.29, 1.82) is 0 Å². The highest BCUT2D eigenvalue weighted by Crippen LogP contribution is 2.47. The van der Waals surface area contributed by atoms with Crippen molar-refractivity contribution >= 4 is 13.1 Å². The molecule has 0 bridgehead atoms. The van der Waals surface area contributed by atoms with Gasteiger partial charge in [0.25, 0.3) is 0 Å². The van der Waals surface area contributed by atoms with Crippen molar-refractivity contribution in [2.45, 2.75) is 64.0 Å². The first-order chi connectivity index (χ1) is 7.74. The molecule has 0 aromatic heterocycles. The normalized spacial score (nSPS) is 35.2. The second-order valence-corrected chi connectivity index (χ2v) is 6.16. The van der Waals surface area contributed by atoms with Crippen LogP contribution in [0.5, 0.6) is 0 Å². The lowest BCUT2D eigenvalue weighted by Crippen LogP contribution is -2.41. The zero-order chi connectivity index (χ0) is 12.8. The van der Waals surface area contributed by atoms with Crippen LogP contribution in [-0.2, 0) is 14.1 Å². The Labute approximate surface area is 103 Å². The molecule has 2 unspecified atom stereocenters. The predicted molar refractivity (Wildman–Crippen MR) is 64.8 cm³/mol. The molecule has 1 N–H and O–H groups in total. The van der Waals surface area contributed by atoms with Gasteiger partial charge in [-0.1, -0.05) is 12.8 Å². The van der Waals surface area contributed by atoms with Crippen LogP contribution in [0.2, 0.25) is 5.82 Å². The predicted octanol–water partition coefficient (Wildman–Crippen LogP) is 2.33. The molecule has 5 heteroatoms. The standard InChI is InChI=1S/C12H21BO4/c1-11(2)12(3,4)17-13(16-11)9-7-5-6-8(9)10(14)15/h8-9H,5-7H2,1-4H3,(H,14,15). The van der Waals surface area contributed by atoms with Gasteiger partial charge in [0.15, 0.2) is 0 Å². The van der Waals surface area contributed by atoms with E-state index in [1.165, 1.54) is 0 Å². The number of rotatable bonds is 2. The summed E-state index contributed by atoms with van der Waals surface area (Å²) in [5.41, 5.74) is -0.743. The lowest BCUT2D eigenvalue weighted by atomic mass is 9.66. The first kappa shape index (κ1) is 12.9. The topological polar surface area (TPSA) is 55.8 Å². The Morgan fingerprint density at radius 2 is 1.71 bits per heavy atom. The number of carbonyl (C=O) groups is 1. The average molecular weight is 240 g/mol. The molecule has 0 spiro atoms. The maximum Gasteiger partial charge on any atom is 0.462 e. The number of hydrogen-bond donors (Lipinski definition) is 1. The van der Waals surface area contributed by atoms with Crippen LogP contribution >= 0.6 is 0 Å². The molecule has 17 heavy (non-hydrogen) atoms. The van der Waals surface area contributed by atoms with Crippen LogP contribution in [0.3, 0.4) is 0 Å². The summed E-state index contributed by atoms with van der Waals surface area (Å²) in [5, 5.41) is 9.19. The lowest BCUT2D eigenvalue weighted by Gasteiger charge is -2.32. The minimum atomic E-state index is -0.720. The zero-order valence-electron chi connectivity index (χ0n) is 11.0. The third kappa shape index (κ3) is 2.11. The SMILES string of the molecule is CC1(C)OB(C2CCCC2C(=O)O)OC1(C)C. The van der Waals surface area contributed by atoms with Gasteiger partial charge in [0.2, 0.25) is 0 Å². The molecule has 0 aromatic carbocycles. The molecule has 2 rings (SSSR count). The fraction of sp³-hybridized carbons (Fsp3) is 0.917. The monoisotopic (exact) mass is 240 g/mol. The van der Waals surface area contributed by atoms with E-state index in [0.717, 1.165) is 19.3 Å². The average Bonchev–Trinajstić information content (AvgIpc) is 2.69. The molecule has 4 nitrogen and oxygen atoms in total. The van der Waals surface area contributed by atoms with E-state index < -0.39 is 5.97 Å². The van der Waals surface area contributed by atoms with Gasteiger partial charge in [-0.05, 0) is 34.1 Å². The van der Waals surface area contributed by atoms with E-state index in [2.05, 4.69) is 0 Å². The summed E-state index contributed by atoms with van der Waals surface area (Å²) in [6.07, 6.45) is 2.57. The highest BCUT2D eigenvalue weighted by molar-refractivity contribution is 6.48. The smallest absolute Gasteiger partial charge is 0.462 e. The lowest BCUT2D eigenvalue weighted by molar-refractivity contribution is -0.141. The molecule has 1 saturated carbocycles. The Morgan fingerprint density at radius 1 is 1.18 bits per heavy atom. The van der Waals surface area contributed by atoms with Crippen LogP contribution in [0.15, 0.2) is 0 Å².